The second-order valence-corrected chi connectivity index (χ2v) is 7.17. The number of carbonyl (C=O) groups excluding carboxylic acids is 1. The maximum absolute atomic E-state index is 13.4. The first-order valence-electron chi connectivity index (χ1n) is 8.63. The molecule has 0 radical (unpaired) electrons. The normalized spacial score (nSPS) is 12.9. The Hall–Kier alpha value is -2.85. The number of methoxy groups -OCH3 is 1. The minimum atomic E-state index is -0.0436. The molecule has 3 aromatic carbocycles. The number of carbonyl (C=O) groups is 1. The average molecular weight is 420 g/mol. The molecule has 3 aromatic rings. The van der Waals surface area contributed by atoms with E-state index in [-0.39, 0.29) is 5.91 Å². The number of hydrogen-bond acceptors (Lipinski definition) is 2. The van der Waals surface area contributed by atoms with Crippen LogP contribution in [0.4, 0.5) is 5.69 Å². The Kier molecular flexibility index (Phi) is 4.58. The lowest BCUT2D eigenvalue weighted by molar-refractivity contribution is -0.112. The largest absolute Gasteiger partial charge is 0.496 e. The lowest BCUT2D eigenvalue weighted by Gasteiger charge is -2.14. The van der Waals surface area contributed by atoms with Crippen molar-refractivity contribution in [3.05, 3.63) is 94.0 Å². The summed E-state index contributed by atoms with van der Waals surface area (Å²) in [6.45, 7) is 0. The molecular weight excluding hydrogens is 402 g/mol. The third-order valence-electron chi connectivity index (χ3n) is 4.79. The van der Waals surface area contributed by atoms with Crippen LogP contribution in [0.15, 0.2) is 77.3 Å². The van der Waals surface area contributed by atoms with Gasteiger partial charge >= 0.3 is 0 Å². The van der Waals surface area contributed by atoms with Crippen LogP contribution in [-0.2, 0) is 4.79 Å². The molecule has 0 aliphatic carbocycles. The number of halogens is 1. The number of ether oxygens (including phenoxy) is 1. The van der Waals surface area contributed by atoms with Gasteiger partial charge in [-0.15, -0.1) is 0 Å². The summed E-state index contributed by atoms with van der Waals surface area (Å²) in [6, 6.07) is 23.8. The average Bonchev–Trinajstić information content (AvgIpc) is 2.97. The highest BCUT2D eigenvalue weighted by atomic mass is 79.9. The quantitative estimate of drug-likeness (QED) is 0.532. The van der Waals surface area contributed by atoms with E-state index in [1.807, 2.05) is 72.8 Å². The van der Waals surface area contributed by atoms with Gasteiger partial charge in [0.2, 0.25) is 0 Å². The monoisotopic (exact) mass is 419 g/mol. The number of fused-ring (bicyclic) bond motifs is 1. The van der Waals surface area contributed by atoms with Crippen molar-refractivity contribution in [3.63, 3.8) is 0 Å². The summed E-state index contributed by atoms with van der Waals surface area (Å²) in [6.07, 6.45) is 0. The summed E-state index contributed by atoms with van der Waals surface area (Å²) in [5.41, 5.74) is 5.21. The van der Waals surface area contributed by atoms with Crippen molar-refractivity contribution in [3.8, 4) is 5.75 Å². The maximum atomic E-state index is 13.4. The molecule has 0 spiro atoms. The van der Waals surface area contributed by atoms with E-state index in [4.69, 9.17) is 4.74 Å². The number of hydrogen-bond donors (Lipinski definition) is 0. The van der Waals surface area contributed by atoms with Crippen LogP contribution in [0.3, 0.4) is 0 Å². The summed E-state index contributed by atoms with van der Waals surface area (Å²) in [4.78, 5) is 15.0. The van der Waals surface area contributed by atoms with E-state index < -0.39 is 0 Å². The highest BCUT2D eigenvalue weighted by Crippen LogP contribution is 2.49. The van der Waals surface area contributed by atoms with Crippen LogP contribution >= 0.6 is 15.9 Å². The van der Waals surface area contributed by atoms with Gasteiger partial charge in [0.1, 0.15) is 5.75 Å². The van der Waals surface area contributed by atoms with Gasteiger partial charge in [0.05, 0.1) is 23.9 Å². The third-order valence-corrected chi connectivity index (χ3v) is 5.43. The zero-order valence-corrected chi connectivity index (χ0v) is 16.7. The van der Waals surface area contributed by atoms with Crippen LogP contribution in [0.25, 0.3) is 11.1 Å². The predicted molar refractivity (Wildman–Crippen MR) is 113 cm³/mol. The van der Waals surface area contributed by atoms with Crippen LogP contribution in [0, 0.1) is 0 Å². The van der Waals surface area contributed by atoms with Gasteiger partial charge in [-0.3, -0.25) is 4.79 Å². The zero-order valence-electron chi connectivity index (χ0n) is 15.1. The molecule has 0 aromatic heterocycles. The number of likely N-dealkylation sites (N-methyl/N-ethyl adjacent to an activating group) is 1. The Labute approximate surface area is 167 Å². The lowest BCUT2D eigenvalue weighted by atomic mass is 9.90. The van der Waals surface area contributed by atoms with E-state index in [1.54, 1.807) is 19.1 Å². The molecule has 1 amide bonds. The highest BCUT2D eigenvalue weighted by molar-refractivity contribution is 9.10. The van der Waals surface area contributed by atoms with Crippen molar-refractivity contribution in [2.75, 3.05) is 19.1 Å². The molecule has 0 fully saturated rings. The van der Waals surface area contributed by atoms with Gasteiger partial charge in [-0.25, -0.2) is 0 Å². The Bertz CT molecular complexity index is 1000. The van der Waals surface area contributed by atoms with Gasteiger partial charge in [0.25, 0.3) is 5.91 Å². The molecule has 0 unspecified atom stereocenters. The number of benzene rings is 3. The van der Waals surface area contributed by atoms with Gasteiger partial charge in [-0.2, -0.15) is 0 Å². The minimum absolute atomic E-state index is 0.0436. The van der Waals surface area contributed by atoms with E-state index in [1.165, 1.54) is 0 Å². The second kappa shape index (κ2) is 7.05. The molecule has 1 aliphatic rings. The van der Waals surface area contributed by atoms with E-state index in [2.05, 4.69) is 15.9 Å². The second-order valence-electron chi connectivity index (χ2n) is 6.32. The summed E-state index contributed by atoms with van der Waals surface area (Å²) >= 11 is 3.60. The van der Waals surface area contributed by atoms with E-state index in [0.717, 1.165) is 32.4 Å². The van der Waals surface area contributed by atoms with Crippen LogP contribution < -0.4 is 9.64 Å². The molecule has 4 rings (SSSR count). The first kappa shape index (κ1) is 17.6. The van der Waals surface area contributed by atoms with Crippen molar-refractivity contribution in [1.29, 1.82) is 0 Å². The molecule has 134 valence electrons. The van der Waals surface area contributed by atoms with Crippen molar-refractivity contribution < 1.29 is 9.53 Å². The molecular formula is C23H18BrNO2. The summed E-state index contributed by atoms with van der Waals surface area (Å²) in [5.74, 6) is 0.642. The van der Waals surface area contributed by atoms with Gasteiger partial charge < -0.3 is 9.64 Å². The molecule has 0 bridgehead atoms. The van der Waals surface area contributed by atoms with Crippen LogP contribution in [0.5, 0.6) is 5.75 Å². The van der Waals surface area contributed by atoms with Crippen LogP contribution in [0.1, 0.15) is 16.7 Å². The van der Waals surface area contributed by atoms with Gasteiger partial charge in [0.15, 0.2) is 0 Å². The predicted octanol–water partition coefficient (Wildman–Crippen LogP) is 5.39. The molecule has 0 saturated heterocycles. The molecule has 27 heavy (non-hydrogen) atoms. The van der Waals surface area contributed by atoms with Gasteiger partial charge in [-0.05, 0) is 39.2 Å². The minimum Gasteiger partial charge on any atom is -0.496 e. The molecule has 4 heteroatoms. The molecule has 0 saturated carbocycles. The fraction of sp³-hybridized carbons (Fsp3) is 0.0870. The lowest BCUT2D eigenvalue weighted by Crippen LogP contribution is -2.21. The summed E-state index contributed by atoms with van der Waals surface area (Å²) in [7, 11) is 3.43. The van der Waals surface area contributed by atoms with Gasteiger partial charge in [-0.1, -0.05) is 60.7 Å². The Morgan fingerprint density at radius 1 is 0.889 bits per heavy atom. The number of nitrogens with zero attached hydrogens (tertiary/aromatic N) is 1. The number of amides is 1. The molecule has 3 nitrogen and oxygen atoms in total. The van der Waals surface area contributed by atoms with Crippen molar-refractivity contribution >= 4 is 38.7 Å². The Morgan fingerprint density at radius 3 is 1.96 bits per heavy atom. The third kappa shape index (κ3) is 2.86. The first-order chi connectivity index (χ1) is 13.1. The highest BCUT2D eigenvalue weighted by Gasteiger charge is 2.37. The SMILES string of the molecule is COc1ccc(Br)c2c1C(=C(c1ccccc1)c1ccccc1)C(=O)N2C. The fourth-order valence-electron chi connectivity index (χ4n) is 3.56. The Morgan fingerprint density at radius 2 is 1.44 bits per heavy atom. The van der Waals surface area contributed by atoms with Gasteiger partial charge in [0, 0.05) is 17.1 Å². The molecule has 1 heterocycles. The summed E-state index contributed by atoms with van der Waals surface area (Å²) < 4.78 is 6.49. The van der Waals surface area contributed by atoms with Crippen LogP contribution in [0.2, 0.25) is 0 Å². The number of anilines is 1. The fourth-order valence-corrected chi connectivity index (χ4v) is 4.16. The van der Waals surface area contributed by atoms with Crippen molar-refractivity contribution in [1.82, 2.24) is 0 Å². The maximum Gasteiger partial charge on any atom is 0.259 e. The van der Waals surface area contributed by atoms with Crippen molar-refractivity contribution in [2.24, 2.45) is 0 Å². The summed E-state index contributed by atoms with van der Waals surface area (Å²) in [5, 5.41) is 0. The first-order valence-corrected chi connectivity index (χ1v) is 9.42. The zero-order chi connectivity index (χ0) is 19.0. The van der Waals surface area contributed by atoms with E-state index in [9.17, 15) is 4.79 Å². The standard InChI is InChI=1S/C23H18BrNO2/c1-25-22-17(24)13-14-18(27-2)20(22)21(23(25)26)19(15-9-5-3-6-10-15)16-11-7-4-8-12-16/h3-14H,1-2H3. The van der Waals surface area contributed by atoms with E-state index >= 15 is 0 Å². The van der Waals surface area contributed by atoms with Crippen LogP contribution in [-0.4, -0.2) is 20.1 Å². The molecule has 1 aliphatic heterocycles. The topological polar surface area (TPSA) is 29.5 Å². The Balaban J connectivity index is 2.14. The van der Waals surface area contributed by atoms with E-state index in [0.29, 0.717) is 11.3 Å². The number of rotatable bonds is 3. The van der Waals surface area contributed by atoms with Crippen molar-refractivity contribution in [2.45, 2.75) is 0 Å². The molecule has 0 atom stereocenters. The molecule has 0 N–H and O–H groups in total. The smallest absolute Gasteiger partial charge is 0.259 e.